The Morgan fingerprint density at radius 2 is 1.96 bits per heavy atom. The number of carbonyl (C=O) groups is 1. The summed E-state index contributed by atoms with van der Waals surface area (Å²) in [6, 6.07) is 15.0. The molecule has 0 aliphatic heterocycles. The van der Waals surface area contributed by atoms with Crippen LogP contribution in [0.2, 0.25) is 0 Å². The summed E-state index contributed by atoms with van der Waals surface area (Å²) in [5.74, 6) is 0.198. The lowest BCUT2D eigenvalue weighted by Crippen LogP contribution is -2.07. The molecule has 132 valence electrons. The molecule has 3 aromatic rings. The van der Waals surface area contributed by atoms with Crippen molar-refractivity contribution in [2.75, 3.05) is 11.9 Å². The smallest absolute Gasteiger partial charge is 0.340 e. The van der Waals surface area contributed by atoms with E-state index in [0.717, 1.165) is 11.3 Å². The van der Waals surface area contributed by atoms with Crippen molar-refractivity contribution in [1.82, 2.24) is 20.2 Å². The Balaban J connectivity index is 1.78. The van der Waals surface area contributed by atoms with Gasteiger partial charge in [0.15, 0.2) is 5.82 Å². The SMILES string of the molecule is CCOC(=O)c1ccccc1NC=Cc1nnnn1-c1ccc(C)cc1. The highest BCUT2D eigenvalue weighted by molar-refractivity contribution is 5.95. The Kier molecular flexibility index (Phi) is 5.38. The number of nitrogens with zero attached hydrogens (tertiary/aromatic N) is 4. The van der Waals surface area contributed by atoms with Gasteiger partial charge in [-0.1, -0.05) is 29.8 Å². The van der Waals surface area contributed by atoms with Gasteiger partial charge < -0.3 is 10.1 Å². The molecule has 0 fully saturated rings. The third kappa shape index (κ3) is 3.94. The predicted molar refractivity (Wildman–Crippen MR) is 98.9 cm³/mol. The molecule has 7 heteroatoms. The number of hydrogen-bond donors (Lipinski definition) is 1. The van der Waals surface area contributed by atoms with Crippen molar-refractivity contribution in [1.29, 1.82) is 0 Å². The summed E-state index contributed by atoms with van der Waals surface area (Å²) in [4.78, 5) is 12.0. The molecular formula is C19H19N5O2. The van der Waals surface area contributed by atoms with Gasteiger partial charge in [0.1, 0.15) is 0 Å². The Morgan fingerprint density at radius 3 is 2.73 bits per heavy atom. The monoisotopic (exact) mass is 349 g/mol. The Labute approximate surface area is 151 Å². The molecule has 0 saturated heterocycles. The van der Waals surface area contributed by atoms with Crippen LogP contribution in [0, 0.1) is 6.92 Å². The van der Waals surface area contributed by atoms with E-state index in [-0.39, 0.29) is 5.97 Å². The molecule has 0 bridgehead atoms. The first kappa shape index (κ1) is 17.3. The number of carbonyl (C=O) groups excluding carboxylic acids is 1. The van der Waals surface area contributed by atoms with Crippen molar-refractivity contribution >= 4 is 17.7 Å². The zero-order valence-corrected chi connectivity index (χ0v) is 14.6. The van der Waals surface area contributed by atoms with Crippen LogP contribution in [0.15, 0.2) is 54.7 Å². The molecule has 0 saturated carbocycles. The fourth-order valence-electron chi connectivity index (χ4n) is 2.37. The van der Waals surface area contributed by atoms with Gasteiger partial charge in [0.25, 0.3) is 0 Å². The number of aryl methyl sites for hydroxylation is 1. The van der Waals surface area contributed by atoms with Crippen LogP contribution >= 0.6 is 0 Å². The molecule has 1 aromatic heterocycles. The van der Waals surface area contributed by atoms with Crippen molar-refractivity contribution in [2.45, 2.75) is 13.8 Å². The van der Waals surface area contributed by atoms with Crippen molar-refractivity contribution < 1.29 is 9.53 Å². The van der Waals surface area contributed by atoms with Gasteiger partial charge >= 0.3 is 5.97 Å². The van der Waals surface area contributed by atoms with Crippen LogP contribution in [0.3, 0.4) is 0 Å². The molecule has 0 amide bonds. The summed E-state index contributed by atoms with van der Waals surface area (Å²) >= 11 is 0. The van der Waals surface area contributed by atoms with Crippen LogP contribution in [-0.4, -0.2) is 32.8 Å². The summed E-state index contributed by atoms with van der Waals surface area (Å²) in [6.07, 6.45) is 3.43. The number of nitrogens with one attached hydrogen (secondary N) is 1. The van der Waals surface area contributed by atoms with Gasteiger partial charge in [-0.25, -0.2) is 4.79 Å². The summed E-state index contributed by atoms with van der Waals surface area (Å²) in [5, 5.41) is 14.8. The predicted octanol–water partition coefficient (Wildman–Crippen LogP) is 3.23. The summed E-state index contributed by atoms with van der Waals surface area (Å²) in [7, 11) is 0. The standard InChI is InChI=1S/C19H19N5O2/c1-3-26-19(25)16-6-4-5-7-17(16)20-13-12-18-21-22-23-24(18)15-10-8-14(2)9-11-15/h4-13,20H,3H2,1-2H3. The lowest BCUT2D eigenvalue weighted by atomic mass is 10.2. The van der Waals surface area contributed by atoms with Crippen LogP contribution < -0.4 is 5.32 Å². The topological polar surface area (TPSA) is 81.9 Å². The minimum absolute atomic E-state index is 0.328. The van der Waals surface area contributed by atoms with Gasteiger partial charge in [-0.2, -0.15) is 4.68 Å². The summed E-state index contributed by atoms with van der Waals surface area (Å²) in [6.45, 7) is 4.13. The molecule has 1 N–H and O–H groups in total. The van der Waals surface area contributed by atoms with E-state index in [1.807, 2.05) is 37.3 Å². The maximum Gasteiger partial charge on any atom is 0.340 e. The van der Waals surface area contributed by atoms with Crippen molar-refractivity contribution in [3.63, 3.8) is 0 Å². The molecule has 7 nitrogen and oxygen atoms in total. The molecule has 1 heterocycles. The van der Waals surface area contributed by atoms with Crippen LogP contribution in [0.5, 0.6) is 0 Å². The van der Waals surface area contributed by atoms with Crippen LogP contribution in [0.1, 0.15) is 28.7 Å². The molecule has 0 aliphatic carbocycles. The summed E-state index contributed by atoms with van der Waals surface area (Å²) < 4.78 is 6.70. The molecule has 0 atom stereocenters. The maximum atomic E-state index is 12.0. The van der Waals surface area contributed by atoms with E-state index in [1.54, 1.807) is 42.1 Å². The third-order valence-electron chi connectivity index (χ3n) is 3.67. The molecule has 2 aromatic carbocycles. The number of para-hydroxylation sites is 1. The highest BCUT2D eigenvalue weighted by Crippen LogP contribution is 2.17. The molecule has 3 rings (SSSR count). The number of esters is 1. The van der Waals surface area contributed by atoms with Gasteiger partial charge in [-0.05, 0) is 48.5 Å². The van der Waals surface area contributed by atoms with Gasteiger partial charge in [0, 0.05) is 12.3 Å². The van der Waals surface area contributed by atoms with Gasteiger partial charge in [-0.15, -0.1) is 5.10 Å². The zero-order valence-electron chi connectivity index (χ0n) is 14.6. The molecule has 26 heavy (non-hydrogen) atoms. The first-order chi connectivity index (χ1) is 12.7. The molecular weight excluding hydrogens is 330 g/mol. The van der Waals surface area contributed by atoms with E-state index in [9.17, 15) is 4.79 Å². The number of benzene rings is 2. The number of hydrogen-bond acceptors (Lipinski definition) is 6. The molecule has 0 aliphatic rings. The van der Waals surface area contributed by atoms with E-state index in [0.29, 0.717) is 23.7 Å². The van der Waals surface area contributed by atoms with Crippen LogP contribution in [0.4, 0.5) is 5.69 Å². The average molecular weight is 349 g/mol. The fraction of sp³-hybridized carbons (Fsp3) is 0.158. The number of ether oxygens (including phenoxy) is 1. The highest BCUT2D eigenvalue weighted by Gasteiger charge is 2.11. The lowest BCUT2D eigenvalue weighted by Gasteiger charge is -2.08. The van der Waals surface area contributed by atoms with Gasteiger partial charge in [0.2, 0.25) is 0 Å². The number of tetrazole rings is 1. The third-order valence-corrected chi connectivity index (χ3v) is 3.67. The second-order valence-corrected chi connectivity index (χ2v) is 5.53. The number of aromatic nitrogens is 4. The number of rotatable bonds is 6. The second kappa shape index (κ2) is 8.06. The van der Waals surface area contributed by atoms with Crippen molar-refractivity contribution in [2.24, 2.45) is 0 Å². The first-order valence-corrected chi connectivity index (χ1v) is 8.23. The highest BCUT2D eigenvalue weighted by atomic mass is 16.5. The first-order valence-electron chi connectivity index (χ1n) is 8.23. The van der Waals surface area contributed by atoms with Crippen molar-refractivity contribution in [3.8, 4) is 5.69 Å². The average Bonchev–Trinajstić information content (AvgIpc) is 3.11. The summed E-state index contributed by atoms with van der Waals surface area (Å²) in [5.41, 5.74) is 3.15. The Hall–Kier alpha value is -3.48. The Bertz CT molecular complexity index is 916. The van der Waals surface area contributed by atoms with Crippen molar-refractivity contribution in [3.05, 3.63) is 71.7 Å². The van der Waals surface area contributed by atoms with Gasteiger partial charge in [-0.3, -0.25) is 0 Å². The quantitative estimate of drug-likeness (QED) is 0.688. The van der Waals surface area contributed by atoms with E-state index >= 15 is 0 Å². The van der Waals surface area contributed by atoms with Crippen LogP contribution in [-0.2, 0) is 4.74 Å². The van der Waals surface area contributed by atoms with E-state index in [1.165, 1.54) is 0 Å². The van der Waals surface area contributed by atoms with Gasteiger partial charge in [0.05, 0.1) is 23.5 Å². The van der Waals surface area contributed by atoms with Crippen LogP contribution in [0.25, 0.3) is 11.8 Å². The van der Waals surface area contributed by atoms with E-state index < -0.39 is 0 Å². The minimum Gasteiger partial charge on any atom is -0.462 e. The molecule has 0 spiro atoms. The maximum absolute atomic E-state index is 12.0. The second-order valence-electron chi connectivity index (χ2n) is 5.53. The lowest BCUT2D eigenvalue weighted by molar-refractivity contribution is 0.0527. The largest absolute Gasteiger partial charge is 0.462 e. The van der Waals surface area contributed by atoms with E-state index in [4.69, 9.17) is 4.74 Å². The van der Waals surface area contributed by atoms with E-state index in [2.05, 4.69) is 20.8 Å². The minimum atomic E-state index is -0.367. The Morgan fingerprint density at radius 1 is 1.19 bits per heavy atom. The normalized spacial score (nSPS) is 10.8. The number of anilines is 1. The molecule has 0 radical (unpaired) electrons. The fourth-order valence-corrected chi connectivity index (χ4v) is 2.37. The zero-order chi connectivity index (χ0) is 18.4. The molecule has 0 unspecified atom stereocenters.